The summed E-state index contributed by atoms with van der Waals surface area (Å²) in [6, 6.07) is 7.76. The predicted octanol–water partition coefficient (Wildman–Crippen LogP) is 3.67. The van der Waals surface area contributed by atoms with Gasteiger partial charge in [-0.3, -0.25) is 4.79 Å². The van der Waals surface area contributed by atoms with E-state index in [1.165, 1.54) is 6.07 Å². The number of halogens is 2. The topological polar surface area (TPSA) is 54.0 Å². The Balaban J connectivity index is 2.21. The summed E-state index contributed by atoms with van der Waals surface area (Å²) in [5, 5.41) is 5.66. The zero-order valence-corrected chi connectivity index (χ0v) is 12.4. The van der Waals surface area contributed by atoms with Crippen molar-refractivity contribution in [3.05, 3.63) is 52.4 Å². The number of rotatable bonds is 4. The Morgan fingerprint density at radius 2 is 2.20 bits per heavy atom. The number of anilines is 2. The molecule has 6 heteroatoms. The summed E-state index contributed by atoms with van der Waals surface area (Å²) in [6.45, 7) is 2.57. The van der Waals surface area contributed by atoms with Gasteiger partial charge in [-0.05, 0) is 53.2 Å². The van der Waals surface area contributed by atoms with Gasteiger partial charge in [-0.1, -0.05) is 0 Å². The summed E-state index contributed by atoms with van der Waals surface area (Å²) in [5.41, 5.74) is 0.805. The van der Waals surface area contributed by atoms with Gasteiger partial charge in [-0.25, -0.2) is 9.37 Å². The third-order valence-electron chi connectivity index (χ3n) is 2.57. The largest absolute Gasteiger partial charge is 0.370 e. The maximum atomic E-state index is 13.4. The summed E-state index contributed by atoms with van der Waals surface area (Å²) in [5.74, 6) is -0.262. The molecule has 104 valence electrons. The van der Waals surface area contributed by atoms with Gasteiger partial charge in [0.15, 0.2) is 0 Å². The summed E-state index contributed by atoms with van der Waals surface area (Å²) in [7, 11) is 0. The van der Waals surface area contributed by atoms with Gasteiger partial charge in [0.05, 0.1) is 10.0 Å². The van der Waals surface area contributed by atoms with E-state index < -0.39 is 5.82 Å². The quantitative estimate of drug-likeness (QED) is 0.894. The van der Waals surface area contributed by atoms with E-state index in [4.69, 9.17) is 0 Å². The van der Waals surface area contributed by atoms with Crippen LogP contribution in [0.15, 0.2) is 41.0 Å². The second kappa shape index (κ2) is 6.47. The van der Waals surface area contributed by atoms with Crippen molar-refractivity contribution in [1.29, 1.82) is 0 Å². The van der Waals surface area contributed by atoms with Crippen molar-refractivity contribution in [2.24, 2.45) is 0 Å². The van der Waals surface area contributed by atoms with Crippen LogP contribution in [-0.2, 0) is 0 Å². The van der Waals surface area contributed by atoms with E-state index in [0.29, 0.717) is 28.1 Å². The van der Waals surface area contributed by atoms with Crippen LogP contribution in [0.25, 0.3) is 0 Å². The molecule has 0 aliphatic rings. The molecule has 2 N–H and O–H groups in total. The lowest BCUT2D eigenvalue weighted by molar-refractivity contribution is 0.102. The summed E-state index contributed by atoms with van der Waals surface area (Å²) >= 11 is 3.06. The maximum Gasteiger partial charge on any atom is 0.259 e. The molecule has 0 radical (unpaired) electrons. The minimum Gasteiger partial charge on any atom is -0.370 e. The van der Waals surface area contributed by atoms with Crippen LogP contribution in [-0.4, -0.2) is 17.4 Å². The van der Waals surface area contributed by atoms with Crippen molar-refractivity contribution in [2.75, 3.05) is 17.2 Å². The molecular weight excluding hydrogens is 325 g/mol. The summed E-state index contributed by atoms with van der Waals surface area (Å²) < 4.78 is 13.8. The molecule has 0 saturated heterocycles. The highest BCUT2D eigenvalue weighted by Crippen LogP contribution is 2.20. The molecule has 1 aromatic heterocycles. The van der Waals surface area contributed by atoms with Crippen molar-refractivity contribution in [2.45, 2.75) is 6.92 Å². The third kappa shape index (κ3) is 3.33. The minimum atomic E-state index is -0.430. The van der Waals surface area contributed by atoms with Crippen LogP contribution >= 0.6 is 15.9 Å². The number of pyridine rings is 1. The molecule has 1 amide bonds. The van der Waals surface area contributed by atoms with Crippen LogP contribution in [0, 0.1) is 5.82 Å². The highest BCUT2D eigenvalue weighted by molar-refractivity contribution is 9.10. The average molecular weight is 338 g/mol. The van der Waals surface area contributed by atoms with Crippen molar-refractivity contribution < 1.29 is 9.18 Å². The Kier molecular flexibility index (Phi) is 4.68. The number of nitrogens with one attached hydrogen (secondary N) is 2. The first-order valence-electron chi connectivity index (χ1n) is 6.07. The van der Waals surface area contributed by atoms with E-state index >= 15 is 0 Å². The van der Waals surface area contributed by atoms with Gasteiger partial charge in [-0.15, -0.1) is 0 Å². The fraction of sp³-hybridized carbons (Fsp3) is 0.143. The van der Waals surface area contributed by atoms with E-state index in [2.05, 4.69) is 31.5 Å². The molecule has 20 heavy (non-hydrogen) atoms. The first-order chi connectivity index (χ1) is 9.61. The monoisotopic (exact) mass is 337 g/mol. The maximum absolute atomic E-state index is 13.4. The molecule has 0 atom stereocenters. The molecule has 1 aromatic carbocycles. The van der Waals surface area contributed by atoms with Crippen molar-refractivity contribution in [3.8, 4) is 0 Å². The second-order valence-corrected chi connectivity index (χ2v) is 4.87. The zero-order chi connectivity index (χ0) is 14.5. The highest BCUT2D eigenvalue weighted by Gasteiger charge is 2.12. The Labute approximate surface area is 124 Å². The molecule has 0 saturated carbocycles. The molecule has 0 spiro atoms. The second-order valence-electron chi connectivity index (χ2n) is 4.01. The minimum absolute atomic E-state index is 0.337. The third-order valence-corrected chi connectivity index (χ3v) is 3.22. The van der Waals surface area contributed by atoms with E-state index in [1.54, 1.807) is 30.5 Å². The standard InChI is InChI=1S/C14H13BrFN3O/c1-2-17-13-10(4-3-7-18-13)14(20)19-9-5-6-11(15)12(16)8-9/h3-8H,2H2,1H3,(H,17,18)(H,19,20). The van der Waals surface area contributed by atoms with E-state index in [9.17, 15) is 9.18 Å². The number of nitrogens with zero attached hydrogens (tertiary/aromatic N) is 1. The number of amides is 1. The number of carbonyl (C=O) groups is 1. The molecule has 0 bridgehead atoms. The lowest BCUT2D eigenvalue weighted by Crippen LogP contribution is -2.15. The molecule has 0 fully saturated rings. The zero-order valence-electron chi connectivity index (χ0n) is 10.8. The summed E-state index contributed by atoms with van der Waals surface area (Å²) in [6.07, 6.45) is 1.61. The Bertz CT molecular complexity index is 634. The fourth-order valence-electron chi connectivity index (χ4n) is 1.67. The molecule has 2 aromatic rings. The lowest BCUT2D eigenvalue weighted by atomic mass is 10.2. The Morgan fingerprint density at radius 1 is 1.40 bits per heavy atom. The molecule has 4 nitrogen and oxygen atoms in total. The Hall–Kier alpha value is -1.95. The van der Waals surface area contributed by atoms with Gasteiger partial charge in [0.2, 0.25) is 0 Å². The van der Waals surface area contributed by atoms with Crippen molar-refractivity contribution >= 4 is 33.3 Å². The highest BCUT2D eigenvalue weighted by atomic mass is 79.9. The van der Waals surface area contributed by atoms with Gasteiger partial charge in [-0.2, -0.15) is 0 Å². The van der Waals surface area contributed by atoms with Crippen LogP contribution in [0.5, 0.6) is 0 Å². The van der Waals surface area contributed by atoms with Crippen molar-refractivity contribution in [1.82, 2.24) is 4.98 Å². The molecule has 0 unspecified atom stereocenters. The first-order valence-corrected chi connectivity index (χ1v) is 6.86. The number of benzene rings is 1. The normalized spacial score (nSPS) is 10.2. The molecule has 2 rings (SSSR count). The van der Waals surface area contributed by atoms with E-state index in [-0.39, 0.29) is 5.91 Å². The fourth-order valence-corrected chi connectivity index (χ4v) is 1.92. The smallest absolute Gasteiger partial charge is 0.259 e. The SMILES string of the molecule is CCNc1ncccc1C(=O)Nc1ccc(Br)c(F)c1. The van der Waals surface area contributed by atoms with Gasteiger partial charge in [0.25, 0.3) is 5.91 Å². The number of hydrogen-bond acceptors (Lipinski definition) is 3. The summed E-state index contributed by atoms with van der Waals surface area (Å²) in [4.78, 5) is 16.3. The number of carbonyl (C=O) groups excluding carboxylic acids is 1. The molecular formula is C14H13BrFN3O. The van der Waals surface area contributed by atoms with Gasteiger partial charge in [0, 0.05) is 18.4 Å². The first kappa shape index (κ1) is 14.5. The number of aromatic nitrogens is 1. The van der Waals surface area contributed by atoms with E-state index in [1.807, 2.05) is 6.92 Å². The lowest BCUT2D eigenvalue weighted by Gasteiger charge is -2.10. The number of hydrogen-bond donors (Lipinski definition) is 2. The van der Waals surface area contributed by atoms with Crippen LogP contribution in [0.1, 0.15) is 17.3 Å². The van der Waals surface area contributed by atoms with Gasteiger partial charge in [0.1, 0.15) is 11.6 Å². The Morgan fingerprint density at radius 3 is 2.90 bits per heavy atom. The van der Waals surface area contributed by atoms with Crippen LogP contribution in [0.4, 0.5) is 15.9 Å². The van der Waals surface area contributed by atoms with Crippen LogP contribution < -0.4 is 10.6 Å². The van der Waals surface area contributed by atoms with Crippen molar-refractivity contribution in [3.63, 3.8) is 0 Å². The molecule has 0 aliphatic carbocycles. The van der Waals surface area contributed by atoms with E-state index in [0.717, 1.165) is 0 Å². The van der Waals surface area contributed by atoms with Crippen LogP contribution in [0.3, 0.4) is 0 Å². The van der Waals surface area contributed by atoms with Crippen LogP contribution in [0.2, 0.25) is 0 Å². The van der Waals surface area contributed by atoms with Gasteiger partial charge < -0.3 is 10.6 Å². The molecule has 0 aliphatic heterocycles. The van der Waals surface area contributed by atoms with Gasteiger partial charge >= 0.3 is 0 Å². The predicted molar refractivity (Wildman–Crippen MR) is 80.5 cm³/mol. The molecule has 1 heterocycles. The average Bonchev–Trinajstić information content (AvgIpc) is 2.44.